The van der Waals surface area contributed by atoms with Crippen LogP contribution in [0.25, 0.3) is 0 Å². The Morgan fingerprint density at radius 3 is 2.59 bits per heavy atom. The van der Waals surface area contributed by atoms with Crippen LogP contribution in [-0.4, -0.2) is 26.1 Å². The molecule has 1 rings (SSSR count). The molecule has 1 unspecified atom stereocenters. The summed E-state index contributed by atoms with van der Waals surface area (Å²) in [6.07, 6.45) is 0.406. The average molecular weight is 253 g/mol. The average Bonchev–Trinajstić information content (AvgIpc) is 2.29. The van der Waals surface area contributed by atoms with Crippen molar-refractivity contribution in [2.45, 2.75) is 19.4 Å². The molecule has 1 atom stereocenters. The Balaban J connectivity index is 3.27. The van der Waals surface area contributed by atoms with Crippen molar-refractivity contribution < 1.29 is 4.74 Å². The van der Waals surface area contributed by atoms with Crippen molar-refractivity contribution >= 4 is 11.6 Å². The molecule has 1 aromatic rings. The predicted octanol–water partition coefficient (Wildman–Crippen LogP) is 3.17. The zero-order valence-corrected chi connectivity index (χ0v) is 11.4. The molecule has 0 aromatic heterocycles. The van der Waals surface area contributed by atoms with Gasteiger partial charge in [0.15, 0.2) is 0 Å². The number of hydrogen-bond acceptors (Lipinski definition) is 3. The number of halogens is 1. The van der Waals surface area contributed by atoms with E-state index in [4.69, 9.17) is 21.6 Å². The Bertz CT molecular complexity index is 438. The van der Waals surface area contributed by atoms with E-state index >= 15 is 0 Å². The minimum absolute atomic E-state index is 0.00644. The van der Waals surface area contributed by atoms with Crippen molar-refractivity contribution in [3.05, 3.63) is 28.3 Å². The minimum atomic E-state index is -0.00644. The van der Waals surface area contributed by atoms with Gasteiger partial charge in [0.1, 0.15) is 5.75 Å². The Hall–Kier alpha value is -1.24. The van der Waals surface area contributed by atoms with Crippen molar-refractivity contribution in [1.82, 2.24) is 4.90 Å². The first kappa shape index (κ1) is 13.8. The summed E-state index contributed by atoms with van der Waals surface area (Å²) in [5, 5.41) is 9.58. The summed E-state index contributed by atoms with van der Waals surface area (Å²) in [5.41, 5.74) is 1.93. The van der Waals surface area contributed by atoms with E-state index in [1.165, 1.54) is 0 Å². The maximum absolute atomic E-state index is 8.88. The number of aryl methyl sites for hydroxylation is 1. The van der Waals surface area contributed by atoms with Gasteiger partial charge in [0, 0.05) is 10.6 Å². The smallest absolute Gasteiger partial charge is 0.124 e. The van der Waals surface area contributed by atoms with Gasteiger partial charge >= 0.3 is 0 Å². The number of nitrogens with zero attached hydrogens (tertiary/aromatic N) is 2. The van der Waals surface area contributed by atoms with E-state index in [2.05, 4.69) is 6.07 Å². The van der Waals surface area contributed by atoms with Crippen molar-refractivity contribution in [3.63, 3.8) is 0 Å². The van der Waals surface area contributed by atoms with Crippen LogP contribution in [0.4, 0.5) is 0 Å². The monoisotopic (exact) mass is 252 g/mol. The third-order valence-electron chi connectivity index (χ3n) is 2.78. The van der Waals surface area contributed by atoms with Crippen LogP contribution in [-0.2, 0) is 0 Å². The highest BCUT2D eigenvalue weighted by atomic mass is 35.5. The van der Waals surface area contributed by atoms with Crippen LogP contribution in [0.3, 0.4) is 0 Å². The zero-order chi connectivity index (χ0) is 13.0. The van der Waals surface area contributed by atoms with Gasteiger partial charge in [-0.05, 0) is 38.7 Å². The van der Waals surface area contributed by atoms with E-state index in [0.29, 0.717) is 11.4 Å². The number of nitriles is 1. The van der Waals surface area contributed by atoms with Crippen molar-refractivity contribution in [1.29, 1.82) is 5.26 Å². The molecule has 3 nitrogen and oxygen atoms in total. The largest absolute Gasteiger partial charge is 0.496 e. The fourth-order valence-corrected chi connectivity index (χ4v) is 1.94. The summed E-state index contributed by atoms with van der Waals surface area (Å²) in [6.45, 7) is 1.93. The zero-order valence-electron chi connectivity index (χ0n) is 10.6. The fraction of sp³-hybridized carbons (Fsp3) is 0.462. The van der Waals surface area contributed by atoms with E-state index in [-0.39, 0.29) is 6.04 Å². The Kier molecular flexibility index (Phi) is 4.80. The second-order valence-corrected chi connectivity index (χ2v) is 4.59. The van der Waals surface area contributed by atoms with Gasteiger partial charge in [-0.1, -0.05) is 11.6 Å². The summed E-state index contributed by atoms with van der Waals surface area (Å²) >= 11 is 6.13. The van der Waals surface area contributed by atoms with Crippen molar-refractivity contribution in [2.75, 3.05) is 21.2 Å². The number of methoxy groups -OCH3 is 1. The van der Waals surface area contributed by atoms with Gasteiger partial charge < -0.3 is 9.64 Å². The van der Waals surface area contributed by atoms with Crippen LogP contribution >= 0.6 is 11.6 Å². The molecule has 1 aromatic carbocycles. The molecule has 0 spiro atoms. The van der Waals surface area contributed by atoms with E-state index in [1.807, 2.05) is 38.1 Å². The van der Waals surface area contributed by atoms with E-state index in [0.717, 1.165) is 16.9 Å². The molecule has 0 saturated heterocycles. The molecule has 0 radical (unpaired) electrons. The molecular weight excluding hydrogens is 236 g/mol. The summed E-state index contributed by atoms with van der Waals surface area (Å²) in [4.78, 5) is 1.99. The maximum Gasteiger partial charge on any atom is 0.124 e. The van der Waals surface area contributed by atoms with Crippen LogP contribution in [0, 0.1) is 18.3 Å². The molecule has 0 amide bonds. The highest BCUT2D eigenvalue weighted by Crippen LogP contribution is 2.34. The van der Waals surface area contributed by atoms with Crippen molar-refractivity contribution in [2.24, 2.45) is 0 Å². The van der Waals surface area contributed by atoms with E-state index in [9.17, 15) is 0 Å². The summed E-state index contributed by atoms with van der Waals surface area (Å²) < 4.78 is 5.36. The van der Waals surface area contributed by atoms with Gasteiger partial charge in [0.25, 0.3) is 0 Å². The molecule has 0 aliphatic heterocycles. The Morgan fingerprint density at radius 1 is 1.47 bits per heavy atom. The highest BCUT2D eigenvalue weighted by molar-refractivity contribution is 6.31. The van der Waals surface area contributed by atoms with Crippen LogP contribution in [0.1, 0.15) is 23.6 Å². The standard InChI is InChI=1S/C13H17ClN2O/c1-9-7-13(17-4)10(8-11(9)14)12(5-6-15)16(2)3/h7-8,12H,5H2,1-4H3. The molecular formula is C13H17ClN2O. The van der Waals surface area contributed by atoms with Crippen LogP contribution in [0.2, 0.25) is 5.02 Å². The van der Waals surface area contributed by atoms with Gasteiger partial charge in [-0.2, -0.15) is 5.26 Å². The lowest BCUT2D eigenvalue weighted by Gasteiger charge is -2.24. The van der Waals surface area contributed by atoms with Gasteiger partial charge in [-0.25, -0.2) is 0 Å². The maximum atomic E-state index is 8.88. The fourth-order valence-electron chi connectivity index (χ4n) is 1.76. The quantitative estimate of drug-likeness (QED) is 0.826. The molecule has 0 saturated carbocycles. The van der Waals surface area contributed by atoms with Gasteiger partial charge in [-0.3, -0.25) is 0 Å². The lowest BCUT2D eigenvalue weighted by Crippen LogP contribution is -2.20. The van der Waals surface area contributed by atoms with Crippen LogP contribution < -0.4 is 4.74 Å². The molecule has 0 heterocycles. The number of hydrogen-bond donors (Lipinski definition) is 0. The first-order valence-electron chi connectivity index (χ1n) is 5.38. The molecule has 0 fully saturated rings. The van der Waals surface area contributed by atoms with Gasteiger partial charge in [0.05, 0.1) is 25.6 Å². The Labute approximate surface area is 108 Å². The molecule has 0 bridgehead atoms. The summed E-state index contributed by atoms with van der Waals surface area (Å²) in [5.74, 6) is 0.779. The Morgan fingerprint density at radius 2 is 2.12 bits per heavy atom. The summed E-state index contributed by atoms with van der Waals surface area (Å²) in [6, 6.07) is 5.98. The summed E-state index contributed by atoms with van der Waals surface area (Å²) in [7, 11) is 5.51. The molecule has 0 aliphatic rings. The highest BCUT2D eigenvalue weighted by Gasteiger charge is 2.19. The number of rotatable bonds is 4. The number of benzene rings is 1. The number of ether oxygens (including phenoxy) is 1. The first-order valence-corrected chi connectivity index (χ1v) is 5.76. The first-order chi connectivity index (χ1) is 8.01. The third kappa shape index (κ3) is 3.12. The lowest BCUT2D eigenvalue weighted by atomic mass is 10.0. The van der Waals surface area contributed by atoms with E-state index < -0.39 is 0 Å². The minimum Gasteiger partial charge on any atom is -0.496 e. The second kappa shape index (κ2) is 5.90. The molecule has 0 aliphatic carbocycles. The van der Waals surface area contributed by atoms with Crippen LogP contribution in [0.5, 0.6) is 5.75 Å². The molecule has 17 heavy (non-hydrogen) atoms. The molecule has 4 heteroatoms. The SMILES string of the molecule is COc1cc(C)c(Cl)cc1C(CC#N)N(C)C. The van der Waals surface area contributed by atoms with E-state index in [1.54, 1.807) is 7.11 Å². The predicted molar refractivity (Wildman–Crippen MR) is 69.4 cm³/mol. The normalized spacial score (nSPS) is 12.3. The van der Waals surface area contributed by atoms with Gasteiger partial charge in [-0.15, -0.1) is 0 Å². The van der Waals surface area contributed by atoms with Gasteiger partial charge in [0.2, 0.25) is 0 Å². The second-order valence-electron chi connectivity index (χ2n) is 4.18. The third-order valence-corrected chi connectivity index (χ3v) is 3.19. The lowest BCUT2D eigenvalue weighted by molar-refractivity contribution is 0.292. The molecule has 92 valence electrons. The molecule has 0 N–H and O–H groups in total. The van der Waals surface area contributed by atoms with Crippen molar-refractivity contribution in [3.8, 4) is 11.8 Å². The van der Waals surface area contributed by atoms with Crippen LogP contribution in [0.15, 0.2) is 12.1 Å². The topological polar surface area (TPSA) is 36.3 Å².